The van der Waals surface area contributed by atoms with Gasteiger partial charge in [-0.15, -0.1) is 11.3 Å². The van der Waals surface area contributed by atoms with Crippen LogP contribution in [0.1, 0.15) is 39.4 Å². The molecule has 0 radical (unpaired) electrons. The molecular weight excluding hydrogens is 406 g/mol. The highest BCUT2D eigenvalue weighted by atomic mass is 32.1. The molecule has 10 nitrogen and oxygen atoms in total. The highest BCUT2D eigenvalue weighted by Gasteiger charge is 2.27. The third-order valence-electron chi connectivity index (χ3n) is 3.52. The molecule has 0 fully saturated rings. The van der Waals surface area contributed by atoms with Gasteiger partial charge in [0.1, 0.15) is 29.4 Å². The zero-order chi connectivity index (χ0) is 21.4. The van der Waals surface area contributed by atoms with Crippen LogP contribution in [0.25, 0.3) is 0 Å². The SMILES string of the molecule is CCOC(=O)c1sc(NC(=O)COC(=O)C2=COCCO2)c(C(=O)OCC)c1C. The molecule has 1 aliphatic rings. The van der Waals surface area contributed by atoms with Crippen LogP contribution in [-0.2, 0) is 33.3 Å². The van der Waals surface area contributed by atoms with Crippen LogP contribution in [0.3, 0.4) is 0 Å². The van der Waals surface area contributed by atoms with Crippen LogP contribution in [0.15, 0.2) is 12.0 Å². The Hall–Kier alpha value is -3.08. The van der Waals surface area contributed by atoms with Gasteiger partial charge in [0.25, 0.3) is 5.91 Å². The van der Waals surface area contributed by atoms with Crippen molar-refractivity contribution in [1.82, 2.24) is 0 Å². The van der Waals surface area contributed by atoms with Crippen molar-refractivity contribution in [3.8, 4) is 0 Å². The molecule has 0 aromatic carbocycles. The first-order chi connectivity index (χ1) is 13.9. The molecule has 0 saturated carbocycles. The number of rotatable bonds is 8. The fourth-order valence-electron chi connectivity index (χ4n) is 2.28. The quantitative estimate of drug-likeness (QED) is 0.488. The smallest absolute Gasteiger partial charge is 0.377 e. The summed E-state index contributed by atoms with van der Waals surface area (Å²) in [6, 6.07) is 0. The van der Waals surface area contributed by atoms with Gasteiger partial charge < -0.3 is 29.0 Å². The van der Waals surface area contributed by atoms with Crippen LogP contribution in [0.2, 0.25) is 0 Å². The van der Waals surface area contributed by atoms with Gasteiger partial charge in [0.05, 0.1) is 18.8 Å². The number of ether oxygens (including phenoxy) is 5. The van der Waals surface area contributed by atoms with Crippen LogP contribution in [0.4, 0.5) is 5.00 Å². The molecule has 29 heavy (non-hydrogen) atoms. The molecule has 0 spiro atoms. The molecule has 158 valence electrons. The second kappa shape index (κ2) is 10.5. The maximum absolute atomic E-state index is 12.3. The van der Waals surface area contributed by atoms with Gasteiger partial charge in [0.2, 0.25) is 5.76 Å². The molecule has 1 aromatic rings. The standard InChI is InChI=1S/C18H21NO9S/c1-4-25-17(22)13-10(3)14(18(23)26-5-2)29-15(13)19-12(20)9-28-16(21)11-8-24-6-7-27-11/h8H,4-7,9H2,1-3H3,(H,19,20). The Morgan fingerprint density at radius 1 is 1.03 bits per heavy atom. The predicted molar refractivity (Wildman–Crippen MR) is 101 cm³/mol. The van der Waals surface area contributed by atoms with E-state index in [1.54, 1.807) is 20.8 Å². The number of carbonyl (C=O) groups is 4. The van der Waals surface area contributed by atoms with Gasteiger partial charge in [-0.3, -0.25) is 4.79 Å². The predicted octanol–water partition coefficient (Wildman–Crippen LogP) is 1.78. The summed E-state index contributed by atoms with van der Waals surface area (Å²) in [5.74, 6) is -3.03. The van der Waals surface area contributed by atoms with Gasteiger partial charge in [0.15, 0.2) is 6.61 Å². The molecule has 1 N–H and O–H groups in total. The van der Waals surface area contributed by atoms with Crippen molar-refractivity contribution in [3.63, 3.8) is 0 Å². The number of carbonyl (C=O) groups excluding carboxylic acids is 4. The topological polar surface area (TPSA) is 126 Å². The maximum atomic E-state index is 12.3. The van der Waals surface area contributed by atoms with Crippen LogP contribution < -0.4 is 5.32 Å². The minimum absolute atomic E-state index is 0.0475. The minimum Gasteiger partial charge on any atom is -0.493 e. The number of anilines is 1. The molecule has 0 bridgehead atoms. The largest absolute Gasteiger partial charge is 0.493 e. The number of amides is 1. The average Bonchev–Trinajstić information content (AvgIpc) is 3.03. The van der Waals surface area contributed by atoms with Crippen molar-refractivity contribution < 1.29 is 42.9 Å². The fraction of sp³-hybridized carbons (Fsp3) is 0.444. The van der Waals surface area contributed by atoms with E-state index in [9.17, 15) is 19.2 Å². The Labute approximate surface area is 170 Å². The van der Waals surface area contributed by atoms with E-state index in [2.05, 4.69) is 5.32 Å². The number of hydrogen-bond donors (Lipinski definition) is 1. The van der Waals surface area contributed by atoms with Crippen molar-refractivity contribution in [2.75, 3.05) is 38.4 Å². The number of nitrogens with one attached hydrogen (secondary N) is 1. The second-order valence-electron chi connectivity index (χ2n) is 5.53. The summed E-state index contributed by atoms with van der Waals surface area (Å²) in [7, 11) is 0. The first-order valence-electron chi connectivity index (χ1n) is 8.78. The van der Waals surface area contributed by atoms with E-state index in [1.807, 2.05) is 0 Å². The van der Waals surface area contributed by atoms with Gasteiger partial charge in [-0.05, 0) is 26.3 Å². The van der Waals surface area contributed by atoms with Gasteiger partial charge in [-0.1, -0.05) is 0 Å². The maximum Gasteiger partial charge on any atom is 0.377 e. The number of esters is 3. The van der Waals surface area contributed by atoms with E-state index in [4.69, 9.17) is 23.7 Å². The molecule has 1 aliphatic heterocycles. The summed E-state index contributed by atoms with van der Waals surface area (Å²) in [5.41, 5.74) is 0.378. The Morgan fingerprint density at radius 3 is 2.34 bits per heavy atom. The van der Waals surface area contributed by atoms with Gasteiger partial charge in [-0.25, -0.2) is 14.4 Å². The van der Waals surface area contributed by atoms with Crippen molar-refractivity contribution >= 4 is 40.2 Å². The van der Waals surface area contributed by atoms with Gasteiger partial charge in [-0.2, -0.15) is 0 Å². The number of hydrogen-bond acceptors (Lipinski definition) is 10. The molecule has 0 atom stereocenters. The van der Waals surface area contributed by atoms with E-state index in [-0.39, 0.29) is 41.0 Å². The van der Waals surface area contributed by atoms with Gasteiger partial charge >= 0.3 is 17.9 Å². The van der Waals surface area contributed by atoms with Crippen LogP contribution in [0, 0.1) is 6.92 Å². The van der Waals surface area contributed by atoms with Crippen LogP contribution in [0.5, 0.6) is 0 Å². The summed E-state index contributed by atoms with van der Waals surface area (Å²) in [6.45, 7) is 4.99. The fourth-order valence-corrected chi connectivity index (χ4v) is 3.39. The molecule has 2 rings (SSSR count). The molecule has 1 aromatic heterocycles. The van der Waals surface area contributed by atoms with E-state index < -0.39 is 30.4 Å². The van der Waals surface area contributed by atoms with E-state index in [1.165, 1.54) is 0 Å². The molecule has 0 unspecified atom stereocenters. The van der Waals surface area contributed by atoms with Crippen molar-refractivity contribution in [3.05, 3.63) is 28.0 Å². The lowest BCUT2D eigenvalue weighted by Crippen LogP contribution is -2.24. The zero-order valence-electron chi connectivity index (χ0n) is 16.2. The van der Waals surface area contributed by atoms with Crippen LogP contribution >= 0.6 is 11.3 Å². The molecule has 0 saturated heterocycles. The average molecular weight is 427 g/mol. The Kier molecular flexibility index (Phi) is 8.01. The second-order valence-corrected chi connectivity index (χ2v) is 6.55. The lowest BCUT2D eigenvalue weighted by atomic mass is 10.1. The van der Waals surface area contributed by atoms with Crippen LogP contribution in [-0.4, -0.2) is 56.8 Å². The summed E-state index contributed by atoms with van der Waals surface area (Å²) in [4.78, 5) is 48.6. The van der Waals surface area contributed by atoms with E-state index in [0.29, 0.717) is 12.2 Å². The normalized spacial score (nSPS) is 12.7. The highest BCUT2D eigenvalue weighted by Crippen LogP contribution is 2.34. The molecule has 2 heterocycles. The van der Waals surface area contributed by atoms with Crippen molar-refractivity contribution in [2.24, 2.45) is 0 Å². The zero-order valence-corrected chi connectivity index (χ0v) is 17.0. The third kappa shape index (κ3) is 5.70. The van der Waals surface area contributed by atoms with E-state index in [0.717, 1.165) is 17.6 Å². The Bertz CT molecular complexity index is 828. The van der Waals surface area contributed by atoms with E-state index >= 15 is 0 Å². The highest BCUT2D eigenvalue weighted by molar-refractivity contribution is 7.18. The lowest BCUT2D eigenvalue weighted by Gasteiger charge is -2.14. The Morgan fingerprint density at radius 2 is 1.72 bits per heavy atom. The summed E-state index contributed by atoms with van der Waals surface area (Å²) in [6.07, 6.45) is 1.11. The summed E-state index contributed by atoms with van der Waals surface area (Å²) in [5, 5.41) is 2.57. The third-order valence-corrected chi connectivity index (χ3v) is 4.71. The minimum atomic E-state index is -0.861. The Balaban J connectivity index is 2.12. The summed E-state index contributed by atoms with van der Waals surface area (Å²) >= 11 is 0.875. The first-order valence-corrected chi connectivity index (χ1v) is 9.59. The molecule has 0 aliphatic carbocycles. The molecule has 11 heteroatoms. The van der Waals surface area contributed by atoms with Gasteiger partial charge in [0, 0.05) is 0 Å². The molecule has 1 amide bonds. The summed E-state index contributed by atoms with van der Waals surface area (Å²) < 4.78 is 24.8. The van der Waals surface area contributed by atoms with Crippen molar-refractivity contribution in [2.45, 2.75) is 20.8 Å². The molecular formula is C18H21NO9S. The monoisotopic (exact) mass is 427 g/mol. The lowest BCUT2D eigenvalue weighted by molar-refractivity contribution is -0.148. The number of thiophene rings is 1. The van der Waals surface area contributed by atoms with Crippen molar-refractivity contribution in [1.29, 1.82) is 0 Å². The first kappa shape index (κ1) is 22.2.